The summed E-state index contributed by atoms with van der Waals surface area (Å²) in [6, 6.07) is 0.207. The van der Waals surface area contributed by atoms with E-state index in [-0.39, 0.29) is 11.9 Å². The van der Waals surface area contributed by atoms with Gasteiger partial charge in [-0.1, -0.05) is 12.2 Å². The summed E-state index contributed by atoms with van der Waals surface area (Å²) in [5.41, 5.74) is 5.51. The number of rotatable bonds is 5. The van der Waals surface area contributed by atoms with E-state index in [1.807, 2.05) is 13.8 Å². The summed E-state index contributed by atoms with van der Waals surface area (Å²) in [6.45, 7) is 8.75. The monoisotopic (exact) mass is 258 g/mol. The molecule has 0 unspecified atom stereocenters. The molecule has 1 rings (SSSR count). The van der Waals surface area contributed by atoms with Crippen LogP contribution in [0.15, 0.2) is 0 Å². The minimum atomic E-state index is 0.0998. The van der Waals surface area contributed by atoms with Gasteiger partial charge in [-0.15, -0.1) is 0 Å². The zero-order valence-corrected chi connectivity index (χ0v) is 11.4. The number of hydrogen-bond donors (Lipinski definition) is 2. The van der Waals surface area contributed by atoms with Crippen molar-refractivity contribution in [1.29, 1.82) is 0 Å². The summed E-state index contributed by atoms with van der Waals surface area (Å²) in [5.74, 6) is 0.0998. The van der Waals surface area contributed by atoms with Crippen molar-refractivity contribution in [1.82, 2.24) is 15.1 Å². The van der Waals surface area contributed by atoms with Crippen molar-refractivity contribution in [3.8, 4) is 0 Å². The van der Waals surface area contributed by atoms with Gasteiger partial charge in [0, 0.05) is 38.8 Å². The average Bonchev–Trinajstić information content (AvgIpc) is 2.18. The van der Waals surface area contributed by atoms with Gasteiger partial charge in [0.1, 0.15) is 0 Å². The molecule has 0 radical (unpaired) electrons. The Morgan fingerprint density at radius 1 is 1.24 bits per heavy atom. The fraction of sp³-hybridized carbons (Fsp3) is 0.818. The van der Waals surface area contributed by atoms with Gasteiger partial charge in [0.25, 0.3) is 0 Å². The highest BCUT2D eigenvalue weighted by molar-refractivity contribution is 7.80. The molecule has 1 saturated heterocycles. The van der Waals surface area contributed by atoms with Crippen molar-refractivity contribution < 1.29 is 4.79 Å². The van der Waals surface area contributed by atoms with Crippen LogP contribution in [0.25, 0.3) is 0 Å². The first-order chi connectivity index (χ1) is 7.97. The summed E-state index contributed by atoms with van der Waals surface area (Å²) in [7, 11) is 0. The maximum atomic E-state index is 11.6. The van der Waals surface area contributed by atoms with E-state index in [1.54, 1.807) is 0 Å². The highest BCUT2D eigenvalue weighted by Crippen LogP contribution is 2.00. The molecular formula is C11H22N4OS. The SMILES string of the molecule is CC(C)NC(=O)CN1CCN(CC(N)=S)CC1. The van der Waals surface area contributed by atoms with Gasteiger partial charge in [0.2, 0.25) is 5.91 Å². The highest BCUT2D eigenvalue weighted by Gasteiger charge is 2.19. The van der Waals surface area contributed by atoms with Crippen molar-refractivity contribution in [2.75, 3.05) is 39.3 Å². The van der Waals surface area contributed by atoms with Crippen LogP contribution < -0.4 is 11.1 Å². The number of thiocarbonyl (C=S) groups is 1. The number of nitrogens with zero attached hydrogens (tertiary/aromatic N) is 2. The second-order valence-corrected chi connectivity index (χ2v) is 5.27. The third kappa shape index (κ3) is 5.95. The molecule has 1 amide bonds. The van der Waals surface area contributed by atoms with Gasteiger partial charge in [-0.05, 0) is 13.8 Å². The normalized spacial score (nSPS) is 18.3. The molecule has 1 aliphatic rings. The lowest BCUT2D eigenvalue weighted by molar-refractivity contribution is -0.123. The van der Waals surface area contributed by atoms with Gasteiger partial charge in [-0.25, -0.2) is 0 Å². The standard InChI is InChI=1S/C11H22N4OS/c1-9(2)13-11(16)8-15-5-3-14(4-6-15)7-10(12)17/h9H,3-8H2,1-2H3,(H2,12,17)(H,13,16). The fourth-order valence-corrected chi connectivity index (χ4v) is 2.08. The molecule has 5 nitrogen and oxygen atoms in total. The predicted molar refractivity (Wildman–Crippen MR) is 72.9 cm³/mol. The molecule has 0 atom stereocenters. The summed E-state index contributed by atoms with van der Waals surface area (Å²) >= 11 is 4.88. The molecule has 1 heterocycles. The molecule has 0 aromatic heterocycles. The fourth-order valence-electron chi connectivity index (χ4n) is 1.90. The van der Waals surface area contributed by atoms with Crippen molar-refractivity contribution in [3.63, 3.8) is 0 Å². The number of carbonyl (C=O) groups excluding carboxylic acids is 1. The summed E-state index contributed by atoms with van der Waals surface area (Å²) < 4.78 is 0. The first kappa shape index (κ1) is 14.3. The number of hydrogen-bond acceptors (Lipinski definition) is 4. The Balaban J connectivity index is 2.23. The Bertz CT molecular complexity index is 275. The summed E-state index contributed by atoms with van der Waals surface area (Å²) in [5, 5.41) is 2.90. The molecule has 0 saturated carbocycles. The van der Waals surface area contributed by atoms with Gasteiger partial charge in [0.15, 0.2) is 0 Å². The quantitative estimate of drug-likeness (QED) is 0.646. The maximum Gasteiger partial charge on any atom is 0.234 e. The van der Waals surface area contributed by atoms with Gasteiger partial charge in [0.05, 0.1) is 11.5 Å². The zero-order chi connectivity index (χ0) is 12.8. The van der Waals surface area contributed by atoms with Crippen LogP contribution in [0.5, 0.6) is 0 Å². The lowest BCUT2D eigenvalue weighted by atomic mass is 10.3. The van der Waals surface area contributed by atoms with Crippen molar-refractivity contribution in [3.05, 3.63) is 0 Å². The van der Waals surface area contributed by atoms with Crippen LogP contribution in [0.2, 0.25) is 0 Å². The minimum absolute atomic E-state index is 0.0998. The molecule has 1 fully saturated rings. The molecular weight excluding hydrogens is 236 g/mol. The third-order valence-electron chi connectivity index (χ3n) is 2.66. The first-order valence-corrected chi connectivity index (χ1v) is 6.40. The average molecular weight is 258 g/mol. The van der Waals surface area contributed by atoms with Crippen LogP contribution in [0, 0.1) is 0 Å². The van der Waals surface area contributed by atoms with Gasteiger partial charge >= 0.3 is 0 Å². The lowest BCUT2D eigenvalue weighted by Crippen LogP contribution is -2.51. The van der Waals surface area contributed by atoms with Crippen LogP contribution >= 0.6 is 12.2 Å². The largest absolute Gasteiger partial charge is 0.392 e. The van der Waals surface area contributed by atoms with Crippen molar-refractivity contribution >= 4 is 23.1 Å². The van der Waals surface area contributed by atoms with Gasteiger partial charge in [-0.2, -0.15) is 0 Å². The number of piperazine rings is 1. The Kier molecular flexibility index (Phi) is 5.80. The highest BCUT2D eigenvalue weighted by atomic mass is 32.1. The van der Waals surface area contributed by atoms with Gasteiger partial charge in [-0.3, -0.25) is 14.6 Å². The molecule has 98 valence electrons. The van der Waals surface area contributed by atoms with Crippen molar-refractivity contribution in [2.45, 2.75) is 19.9 Å². The number of nitrogens with two attached hydrogens (primary N) is 1. The molecule has 0 bridgehead atoms. The Morgan fingerprint density at radius 3 is 2.12 bits per heavy atom. The van der Waals surface area contributed by atoms with E-state index >= 15 is 0 Å². The topological polar surface area (TPSA) is 61.6 Å². The van der Waals surface area contributed by atoms with Crippen LogP contribution in [0.4, 0.5) is 0 Å². The van der Waals surface area contributed by atoms with Crippen LogP contribution in [-0.2, 0) is 4.79 Å². The molecule has 0 aliphatic carbocycles. The van der Waals surface area contributed by atoms with E-state index in [0.29, 0.717) is 18.1 Å². The van der Waals surface area contributed by atoms with Gasteiger partial charge < -0.3 is 11.1 Å². The number of nitrogens with one attached hydrogen (secondary N) is 1. The van der Waals surface area contributed by atoms with Crippen LogP contribution in [-0.4, -0.2) is 66.0 Å². The Labute approximate surface area is 108 Å². The molecule has 0 aromatic rings. The minimum Gasteiger partial charge on any atom is -0.392 e. The van der Waals surface area contributed by atoms with E-state index < -0.39 is 0 Å². The lowest BCUT2D eigenvalue weighted by Gasteiger charge is -2.34. The third-order valence-corrected chi connectivity index (χ3v) is 2.79. The van der Waals surface area contributed by atoms with Crippen molar-refractivity contribution in [2.24, 2.45) is 5.73 Å². The second kappa shape index (κ2) is 6.88. The van der Waals surface area contributed by atoms with E-state index in [9.17, 15) is 4.79 Å². The smallest absolute Gasteiger partial charge is 0.234 e. The second-order valence-electron chi connectivity index (χ2n) is 4.74. The zero-order valence-electron chi connectivity index (χ0n) is 10.6. The van der Waals surface area contributed by atoms with Crippen LogP contribution in [0.1, 0.15) is 13.8 Å². The molecule has 6 heteroatoms. The van der Waals surface area contributed by atoms with E-state index in [0.717, 1.165) is 26.2 Å². The van der Waals surface area contributed by atoms with Crippen LogP contribution in [0.3, 0.4) is 0 Å². The molecule has 0 aromatic carbocycles. The Morgan fingerprint density at radius 2 is 1.71 bits per heavy atom. The molecule has 0 spiro atoms. The number of carbonyl (C=O) groups is 1. The maximum absolute atomic E-state index is 11.6. The molecule has 3 N–H and O–H groups in total. The van der Waals surface area contributed by atoms with E-state index in [1.165, 1.54) is 0 Å². The molecule has 1 aliphatic heterocycles. The summed E-state index contributed by atoms with van der Waals surface area (Å²) in [6.07, 6.45) is 0. The van der Waals surface area contributed by atoms with E-state index in [2.05, 4.69) is 15.1 Å². The summed E-state index contributed by atoms with van der Waals surface area (Å²) in [4.78, 5) is 16.5. The molecule has 17 heavy (non-hydrogen) atoms. The predicted octanol–water partition coefficient (Wildman–Crippen LogP) is -0.585. The number of amides is 1. The first-order valence-electron chi connectivity index (χ1n) is 5.99. The van der Waals surface area contributed by atoms with E-state index in [4.69, 9.17) is 18.0 Å². The Hall–Kier alpha value is -0.720.